The maximum Gasteiger partial charge on any atom is 0.0861 e. The zero-order valence-corrected chi connectivity index (χ0v) is 9.79. The number of thiol groups is 2. The molecule has 0 aromatic carbocycles. The monoisotopic (exact) mass is 242 g/mol. The highest BCUT2D eigenvalue weighted by molar-refractivity contribution is 7.80. The smallest absolute Gasteiger partial charge is 0.0861 e. The van der Waals surface area contributed by atoms with Crippen molar-refractivity contribution in [2.45, 2.75) is 12.2 Å². The van der Waals surface area contributed by atoms with Crippen LogP contribution in [0, 0.1) is 0 Å². The van der Waals surface area contributed by atoms with Crippen LogP contribution in [0.2, 0.25) is 0 Å². The Balaban J connectivity index is 3.06. The second kappa shape index (κ2) is 10.1. The van der Waals surface area contributed by atoms with Crippen LogP contribution in [-0.2, 0) is 9.47 Å². The molecule has 0 saturated heterocycles. The topological polar surface area (TPSA) is 58.9 Å². The van der Waals surface area contributed by atoms with Crippen LogP contribution < -0.4 is 0 Å². The third-order valence-electron chi connectivity index (χ3n) is 1.41. The molecule has 0 bridgehead atoms. The molecule has 86 valence electrons. The number of rotatable bonds is 9. The fourth-order valence-electron chi connectivity index (χ4n) is 0.662. The molecule has 2 unspecified atom stereocenters. The normalized spacial score (nSPS) is 15.4. The van der Waals surface area contributed by atoms with Gasteiger partial charge in [0, 0.05) is 11.5 Å². The van der Waals surface area contributed by atoms with Gasteiger partial charge in [0.2, 0.25) is 0 Å². The van der Waals surface area contributed by atoms with E-state index >= 15 is 0 Å². The molecule has 0 aliphatic heterocycles. The van der Waals surface area contributed by atoms with Gasteiger partial charge in [0.25, 0.3) is 0 Å². The van der Waals surface area contributed by atoms with Gasteiger partial charge in [0.05, 0.1) is 38.6 Å². The van der Waals surface area contributed by atoms with E-state index in [0.29, 0.717) is 24.7 Å². The standard InChI is InChI=1S/C8H18O4S2/c9-7(5-13)3-11-1-2-12-4-8(10)6-14/h7-10,13-14H,1-6H2. The molecule has 0 aliphatic carbocycles. The van der Waals surface area contributed by atoms with Crippen molar-refractivity contribution in [1.29, 1.82) is 0 Å². The Morgan fingerprint density at radius 1 is 0.857 bits per heavy atom. The molecule has 0 fully saturated rings. The highest BCUT2D eigenvalue weighted by atomic mass is 32.1. The third kappa shape index (κ3) is 9.11. The van der Waals surface area contributed by atoms with Gasteiger partial charge in [-0.2, -0.15) is 25.3 Å². The van der Waals surface area contributed by atoms with E-state index in [1.54, 1.807) is 0 Å². The molecule has 0 rings (SSSR count). The molecular formula is C8H18O4S2. The number of aliphatic hydroxyl groups excluding tert-OH is 2. The number of ether oxygens (including phenoxy) is 2. The summed E-state index contributed by atoms with van der Waals surface area (Å²) in [7, 11) is 0. The first-order valence-electron chi connectivity index (χ1n) is 4.44. The largest absolute Gasteiger partial charge is 0.390 e. The molecule has 0 aromatic rings. The maximum absolute atomic E-state index is 9.05. The van der Waals surface area contributed by atoms with Crippen molar-refractivity contribution in [3.8, 4) is 0 Å². The van der Waals surface area contributed by atoms with Gasteiger partial charge < -0.3 is 19.7 Å². The summed E-state index contributed by atoms with van der Waals surface area (Å²) in [5, 5.41) is 18.1. The van der Waals surface area contributed by atoms with Gasteiger partial charge in [-0.1, -0.05) is 0 Å². The van der Waals surface area contributed by atoms with Crippen molar-refractivity contribution in [3.63, 3.8) is 0 Å². The highest BCUT2D eigenvalue weighted by Crippen LogP contribution is 1.91. The number of aliphatic hydroxyl groups is 2. The van der Waals surface area contributed by atoms with Gasteiger partial charge in [-0.15, -0.1) is 0 Å². The first kappa shape index (κ1) is 14.5. The molecule has 0 saturated carbocycles. The van der Waals surface area contributed by atoms with Crippen molar-refractivity contribution >= 4 is 25.3 Å². The minimum absolute atomic E-state index is 0.266. The summed E-state index contributed by atoms with van der Waals surface area (Å²) in [4.78, 5) is 0. The average molecular weight is 242 g/mol. The van der Waals surface area contributed by atoms with Crippen LogP contribution in [-0.4, -0.2) is 60.4 Å². The van der Waals surface area contributed by atoms with Crippen molar-refractivity contribution in [2.24, 2.45) is 0 Å². The third-order valence-corrected chi connectivity index (χ3v) is 2.26. The molecule has 0 aliphatic rings. The van der Waals surface area contributed by atoms with Gasteiger partial charge in [0.15, 0.2) is 0 Å². The summed E-state index contributed by atoms with van der Waals surface area (Å²) in [6.45, 7) is 1.35. The first-order chi connectivity index (χ1) is 6.70. The Morgan fingerprint density at radius 2 is 1.21 bits per heavy atom. The van der Waals surface area contributed by atoms with Crippen molar-refractivity contribution in [3.05, 3.63) is 0 Å². The second-order valence-electron chi connectivity index (χ2n) is 2.82. The SMILES string of the molecule is OC(CS)COCCOCC(O)CS. The minimum atomic E-state index is -0.527. The predicted octanol–water partition coefficient (Wildman–Crippen LogP) is -0.399. The van der Waals surface area contributed by atoms with Crippen LogP contribution in [0.5, 0.6) is 0 Å². The van der Waals surface area contributed by atoms with Gasteiger partial charge in [0.1, 0.15) is 0 Å². The van der Waals surface area contributed by atoms with E-state index in [9.17, 15) is 0 Å². The van der Waals surface area contributed by atoms with Crippen LogP contribution in [0.1, 0.15) is 0 Å². The number of hydrogen-bond acceptors (Lipinski definition) is 6. The number of hydrogen-bond donors (Lipinski definition) is 4. The summed E-state index contributed by atoms with van der Waals surface area (Å²) < 4.78 is 10.2. The molecule has 0 heterocycles. The van der Waals surface area contributed by atoms with E-state index < -0.39 is 12.2 Å². The fraction of sp³-hybridized carbons (Fsp3) is 1.00. The van der Waals surface area contributed by atoms with E-state index in [4.69, 9.17) is 19.7 Å². The van der Waals surface area contributed by atoms with Crippen molar-refractivity contribution in [2.75, 3.05) is 37.9 Å². The average Bonchev–Trinajstić information content (AvgIpc) is 2.22. The molecule has 6 heteroatoms. The van der Waals surface area contributed by atoms with Crippen molar-refractivity contribution < 1.29 is 19.7 Å². The molecule has 0 aromatic heterocycles. The molecule has 2 atom stereocenters. The second-order valence-corrected chi connectivity index (χ2v) is 3.55. The van der Waals surface area contributed by atoms with Gasteiger partial charge in [-0.25, -0.2) is 0 Å². The van der Waals surface area contributed by atoms with Crippen LogP contribution in [0.4, 0.5) is 0 Å². The van der Waals surface area contributed by atoms with E-state index in [1.807, 2.05) is 0 Å². The Bertz CT molecular complexity index is 112. The van der Waals surface area contributed by atoms with Gasteiger partial charge in [-0.3, -0.25) is 0 Å². The van der Waals surface area contributed by atoms with Crippen LogP contribution in [0.3, 0.4) is 0 Å². The molecular weight excluding hydrogens is 224 g/mol. The summed E-state index contributed by atoms with van der Waals surface area (Å²) in [6, 6.07) is 0. The van der Waals surface area contributed by atoms with Crippen LogP contribution >= 0.6 is 25.3 Å². The lowest BCUT2D eigenvalue weighted by Gasteiger charge is -2.10. The van der Waals surface area contributed by atoms with Crippen molar-refractivity contribution in [1.82, 2.24) is 0 Å². The predicted molar refractivity (Wildman–Crippen MR) is 61.4 cm³/mol. The van der Waals surface area contributed by atoms with Crippen LogP contribution in [0.25, 0.3) is 0 Å². The Kier molecular flexibility index (Phi) is 10.5. The Morgan fingerprint density at radius 3 is 1.50 bits per heavy atom. The summed E-state index contributed by atoms with van der Waals surface area (Å²) in [5.41, 5.74) is 0. The highest BCUT2D eigenvalue weighted by Gasteiger charge is 2.02. The van der Waals surface area contributed by atoms with Crippen LogP contribution in [0.15, 0.2) is 0 Å². The summed E-state index contributed by atoms with van der Waals surface area (Å²) in [5.74, 6) is 0.776. The zero-order chi connectivity index (χ0) is 10.8. The quantitative estimate of drug-likeness (QED) is 0.328. The first-order valence-corrected chi connectivity index (χ1v) is 5.70. The lowest BCUT2D eigenvalue weighted by atomic mass is 10.4. The van der Waals surface area contributed by atoms with E-state index in [0.717, 1.165) is 0 Å². The maximum atomic E-state index is 9.05. The summed E-state index contributed by atoms with van der Waals surface area (Å²) >= 11 is 7.79. The molecule has 0 amide bonds. The zero-order valence-electron chi connectivity index (χ0n) is 8.00. The molecule has 14 heavy (non-hydrogen) atoms. The van der Waals surface area contributed by atoms with Gasteiger partial charge in [-0.05, 0) is 0 Å². The molecule has 0 spiro atoms. The Hall–Kier alpha value is 0.540. The molecule has 4 nitrogen and oxygen atoms in total. The fourth-order valence-corrected chi connectivity index (χ4v) is 0.873. The summed E-state index contributed by atoms with van der Waals surface area (Å²) in [6.07, 6.45) is -1.05. The van der Waals surface area contributed by atoms with E-state index in [-0.39, 0.29) is 13.2 Å². The van der Waals surface area contributed by atoms with E-state index in [2.05, 4.69) is 25.3 Å². The minimum Gasteiger partial charge on any atom is -0.390 e. The molecule has 0 radical (unpaired) electrons. The van der Waals surface area contributed by atoms with Gasteiger partial charge >= 0.3 is 0 Å². The van der Waals surface area contributed by atoms with E-state index in [1.165, 1.54) is 0 Å². The Labute approximate surface area is 95.4 Å². The lowest BCUT2D eigenvalue weighted by Crippen LogP contribution is -2.21. The molecule has 2 N–H and O–H groups in total. The lowest BCUT2D eigenvalue weighted by molar-refractivity contribution is -0.00832.